The maximum absolute atomic E-state index is 13.6. The van der Waals surface area contributed by atoms with E-state index in [-0.39, 0.29) is 10.6 Å². The molecular formula is C12H10ClFOS. The Morgan fingerprint density at radius 1 is 1.38 bits per heavy atom. The van der Waals surface area contributed by atoms with Gasteiger partial charge < -0.3 is 5.11 Å². The minimum atomic E-state index is -0.853. The van der Waals surface area contributed by atoms with E-state index in [1.165, 1.54) is 6.07 Å². The van der Waals surface area contributed by atoms with Crippen LogP contribution in [0.25, 0.3) is 0 Å². The Morgan fingerprint density at radius 3 is 2.88 bits per heavy atom. The molecule has 0 amide bonds. The molecule has 2 rings (SSSR count). The Balaban J connectivity index is 2.21. The fourth-order valence-corrected chi connectivity index (χ4v) is 2.38. The highest BCUT2D eigenvalue weighted by Crippen LogP contribution is 2.26. The van der Waals surface area contributed by atoms with Crippen molar-refractivity contribution >= 4 is 22.9 Å². The van der Waals surface area contributed by atoms with Crippen LogP contribution in [0.1, 0.15) is 17.2 Å². The highest BCUT2D eigenvalue weighted by molar-refractivity contribution is 7.07. The van der Waals surface area contributed by atoms with Gasteiger partial charge in [0, 0.05) is 12.0 Å². The molecule has 0 fully saturated rings. The third-order valence-corrected chi connectivity index (χ3v) is 3.37. The van der Waals surface area contributed by atoms with E-state index in [0.717, 1.165) is 5.56 Å². The van der Waals surface area contributed by atoms with Crippen LogP contribution in [-0.4, -0.2) is 5.11 Å². The molecule has 0 aliphatic carbocycles. The SMILES string of the molecule is OC(Cc1ccsc1)c1cccc(Cl)c1F. The minimum absolute atomic E-state index is 0.0434. The van der Waals surface area contributed by atoms with E-state index in [1.807, 2.05) is 16.8 Å². The Labute approximate surface area is 102 Å². The van der Waals surface area contributed by atoms with Gasteiger partial charge in [0.05, 0.1) is 11.1 Å². The molecule has 0 saturated heterocycles. The van der Waals surface area contributed by atoms with Gasteiger partial charge in [0.1, 0.15) is 5.82 Å². The van der Waals surface area contributed by atoms with Crippen molar-refractivity contribution in [2.75, 3.05) is 0 Å². The molecule has 1 nitrogen and oxygen atoms in total. The summed E-state index contributed by atoms with van der Waals surface area (Å²) in [7, 11) is 0. The largest absolute Gasteiger partial charge is 0.388 e. The van der Waals surface area contributed by atoms with Crippen molar-refractivity contribution in [2.24, 2.45) is 0 Å². The standard InChI is InChI=1S/C12H10ClFOS/c13-10-3-1-2-9(12(10)14)11(15)6-8-4-5-16-7-8/h1-5,7,11,15H,6H2. The molecule has 0 aliphatic rings. The van der Waals surface area contributed by atoms with E-state index in [4.69, 9.17) is 11.6 Å². The van der Waals surface area contributed by atoms with Crippen LogP contribution in [-0.2, 0) is 6.42 Å². The summed E-state index contributed by atoms with van der Waals surface area (Å²) >= 11 is 7.21. The second-order valence-corrected chi connectivity index (χ2v) is 4.68. The second kappa shape index (κ2) is 4.95. The highest BCUT2D eigenvalue weighted by atomic mass is 35.5. The summed E-state index contributed by atoms with van der Waals surface area (Å²) < 4.78 is 13.6. The summed E-state index contributed by atoms with van der Waals surface area (Å²) in [5.74, 6) is -0.535. The van der Waals surface area contributed by atoms with Gasteiger partial charge in [-0.05, 0) is 28.5 Å². The summed E-state index contributed by atoms with van der Waals surface area (Å²) in [5.41, 5.74) is 1.25. The number of hydrogen-bond donors (Lipinski definition) is 1. The molecule has 0 radical (unpaired) electrons. The van der Waals surface area contributed by atoms with Gasteiger partial charge in [0.2, 0.25) is 0 Å². The summed E-state index contributed by atoms with van der Waals surface area (Å²) in [6.07, 6.45) is -0.450. The smallest absolute Gasteiger partial charge is 0.147 e. The topological polar surface area (TPSA) is 20.2 Å². The number of benzene rings is 1. The van der Waals surface area contributed by atoms with Crippen LogP contribution >= 0.6 is 22.9 Å². The third-order valence-electron chi connectivity index (χ3n) is 2.35. The van der Waals surface area contributed by atoms with Crippen molar-refractivity contribution in [1.29, 1.82) is 0 Å². The van der Waals surface area contributed by atoms with Crippen molar-refractivity contribution < 1.29 is 9.50 Å². The number of halogens is 2. The predicted octanol–water partition coefficient (Wildman–Crippen LogP) is 3.82. The maximum atomic E-state index is 13.6. The van der Waals surface area contributed by atoms with Gasteiger partial charge in [-0.15, -0.1) is 0 Å². The van der Waals surface area contributed by atoms with Crippen molar-refractivity contribution in [3.8, 4) is 0 Å². The average molecular weight is 257 g/mol. The number of hydrogen-bond acceptors (Lipinski definition) is 2. The van der Waals surface area contributed by atoms with Crippen molar-refractivity contribution in [1.82, 2.24) is 0 Å². The first-order valence-electron chi connectivity index (χ1n) is 4.81. The van der Waals surface area contributed by atoms with Crippen molar-refractivity contribution in [3.05, 3.63) is 57.0 Å². The highest BCUT2D eigenvalue weighted by Gasteiger charge is 2.15. The average Bonchev–Trinajstić information content (AvgIpc) is 2.74. The van der Waals surface area contributed by atoms with E-state index >= 15 is 0 Å². The molecule has 0 bridgehead atoms. The lowest BCUT2D eigenvalue weighted by molar-refractivity contribution is 0.174. The molecule has 1 atom stereocenters. The Bertz CT molecular complexity index is 470. The van der Waals surface area contributed by atoms with Crippen LogP contribution in [0.2, 0.25) is 5.02 Å². The molecule has 4 heteroatoms. The zero-order chi connectivity index (χ0) is 11.5. The van der Waals surface area contributed by atoms with Crippen LogP contribution < -0.4 is 0 Å². The fourth-order valence-electron chi connectivity index (χ4n) is 1.52. The molecule has 1 heterocycles. The first-order chi connectivity index (χ1) is 7.68. The number of rotatable bonds is 3. The number of aliphatic hydroxyl groups excluding tert-OH is 1. The molecule has 0 aliphatic heterocycles. The lowest BCUT2D eigenvalue weighted by Gasteiger charge is -2.11. The first kappa shape index (κ1) is 11.6. The molecule has 1 aromatic carbocycles. The van der Waals surface area contributed by atoms with Crippen LogP contribution in [0.4, 0.5) is 4.39 Å². The van der Waals surface area contributed by atoms with E-state index in [1.54, 1.807) is 23.5 Å². The monoisotopic (exact) mass is 256 g/mol. The van der Waals surface area contributed by atoms with Gasteiger partial charge in [0.25, 0.3) is 0 Å². The molecule has 0 spiro atoms. The molecule has 16 heavy (non-hydrogen) atoms. The van der Waals surface area contributed by atoms with E-state index in [9.17, 15) is 9.50 Å². The summed E-state index contributed by atoms with van der Waals surface area (Å²) in [6.45, 7) is 0. The zero-order valence-corrected chi connectivity index (χ0v) is 9.93. The Kier molecular flexibility index (Phi) is 3.59. The van der Waals surface area contributed by atoms with Gasteiger partial charge in [0.15, 0.2) is 0 Å². The number of thiophene rings is 1. The normalized spacial score (nSPS) is 12.7. The van der Waals surface area contributed by atoms with Gasteiger partial charge in [-0.3, -0.25) is 0 Å². The lowest BCUT2D eigenvalue weighted by Crippen LogP contribution is -2.04. The van der Waals surface area contributed by atoms with Gasteiger partial charge in [-0.25, -0.2) is 4.39 Å². The number of aliphatic hydroxyl groups is 1. The molecular weight excluding hydrogens is 247 g/mol. The van der Waals surface area contributed by atoms with Crippen molar-refractivity contribution in [2.45, 2.75) is 12.5 Å². The van der Waals surface area contributed by atoms with E-state index in [0.29, 0.717) is 6.42 Å². The van der Waals surface area contributed by atoms with Crippen LogP contribution in [0, 0.1) is 5.82 Å². The van der Waals surface area contributed by atoms with Crippen LogP contribution in [0.5, 0.6) is 0 Å². The molecule has 1 unspecified atom stereocenters. The van der Waals surface area contributed by atoms with E-state index in [2.05, 4.69) is 0 Å². The fraction of sp³-hybridized carbons (Fsp3) is 0.167. The first-order valence-corrected chi connectivity index (χ1v) is 6.13. The molecule has 1 N–H and O–H groups in total. The van der Waals surface area contributed by atoms with Gasteiger partial charge in [-0.1, -0.05) is 23.7 Å². The lowest BCUT2D eigenvalue weighted by atomic mass is 10.0. The predicted molar refractivity (Wildman–Crippen MR) is 64.4 cm³/mol. The Morgan fingerprint density at radius 2 is 2.19 bits per heavy atom. The van der Waals surface area contributed by atoms with Gasteiger partial charge >= 0.3 is 0 Å². The van der Waals surface area contributed by atoms with Crippen molar-refractivity contribution in [3.63, 3.8) is 0 Å². The summed E-state index contributed by atoms with van der Waals surface area (Å²) in [6, 6.07) is 6.57. The summed E-state index contributed by atoms with van der Waals surface area (Å²) in [4.78, 5) is 0. The van der Waals surface area contributed by atoms with E-state index < -0.39 is 11.9 Å². The zero-order valence-electron chi connectivity index (χ0n) is 8.36. The summed E-state index contributed by atoms with van der Waals surface area (Å²) in [5, 5.41) is 13.8. The molecule has 2 aromatic rings. The molecule has 0 saturated carbocycles. The quantitative estimate of drug-likeness (QED) is 0.885. The third kappa shape index (κ3) is 2.43. The Hall–Kier alpha value is -0.900. The minimum Gasteiger partial charge on any atom is -0.388 e. The molecule has 84 valence electrons. The van der Waals surface area contributed by atoms with Crippen LogP contribution in [0.15, 0.2) is 35.0 Å². The van der Waals surface area contributed by atoms with Crippen LogP contribution in [0.3, 0.4) is 0 Å². The second-order valence-electron chi connectivity index (χ2n) is 3.49. The maximum Gasteiger partial charge on any atom is 0.147 e. The molecule has 1 aromatic heterocycles. The van der Waals surface area contributed by atoms with Gasteiger partial charge in [-0.2, -0.15) is 11.3 Å².